The molecule has 17 heavy (non-hydrogen) atoms. The summed E-state index contributed by atoms with van der Waals surface area (Å²) in [6.45, 7) is 0. The highest BCUT2D eigenvalue weighted by molar-refractivity contribution is 14.1. The smallest absolute Gasteiger partial charge is 0.264 e. The highest BCUT2D eigenvalue weighted by Crippen LogP contribution is 2.32. The number of hydrogen-bond acceptors (Lipinski definition) is 4. The Kier molecular flexibility index (Phi) is 3.79. The average Bonchev–Trinajstić information content (AvgIpc) is 2.54. The molecule has 0 spiro atoms. The third-order valence-corrected chi connectivity index (χ3v) is 4.26. The lowest BCUT2D eigenvalue weighted by Crippen LogP contribution is -2.18. The van der Waals surface area contributed by atoms with E-state index in [-0.39, 0.29) is 16.8 Å². The molecule has 4 nitrogen and oxygen atoms in total. The summed E-state index contributed by atoms with van der Waals surface area (Å²) in [5.74, 6) is -0.0803. The van der Waals surface area contributed by atoms with Gasteiger partial charge < -0.3 is 10.4 Å². The number of thioether (sulfide) groups is 1. The molecule has 3 N–H and O–H groups in total. The zero-order valence-electron chi connectivity index (χ0n) is 8.25. The molecule has 0 aromatic heterocycles. The van der Waals surface area contributed by atoms with Crippen molar-refractivity contribution in [1.82, 2.24) is 5.32 Å². The van der Waals surface area contributed by atoms with Crippen molar-refractivity contribution in [3.05, 3.63) is 30.6 Å². The maximum absolute atomic E-state index is 11.4. The maximum Gasteiger partial charge on any atom is 0.264 e. The number of nitrogens with one attached hydrogen (secondary N) is 2. The molecule has 2 rings (SSSR count). The normalized spacial score (nSPS) is 17.6. The lowest BCUT2D eigenvalue weighted by atomic mass is 10.2. The first-order chi connectivity index (χ1) is 7.97. The van der Waals surface area contributed by atoms with Gasteiger partial charge in [0.25, 0.3) is 5.91 Å². The molecule has 1 aromatic rings. The molecule has 1 aliphatic heterocycles. The molecule has 0 bridgehead atoms. The summed E-state index contributed by atoms with van der Waals surface area (Å²) >= 11 is 6.34. The van der Waals surface area contributed by atoms with Crippen LogP contribution in [0.3, 0.4) is 0 Å². The highest BCUT2D eigenvalue weighted by atomic mass is 127. The average molecular weight is 425 g/mol. The predicted molar refractivity (Wildman–Crippen MR) is 80.0 cm³/mol. The van der Waals surface area contributed by atoms with Gasteiger partial charge >= 0.3 is 0 Å². The monoisotopic (exact) mass is 424 g/mol. The second kappa shape index (κ2) is 4.99. The van der Waals surface area contributed by atoms with Crippen LogP contribution >= 0.6 is 50.3 Å². The van der Waals surface area contributed by atoms with E-state index in [9.17, 15) is 9.90 Å². The van der Waals surface area contributed by atoms with Crippen LogP contribution in [-0.2, 0) is 4.79 Å². The van der Waals surface area contributed by atoms with E-state index in [0.717, 1.165) is 17.3 Å². The van der Waals surface area contributed by atoms with Gasteiger partial charge in [0.15, 0.2) is 5.17 Å². The van der Waals surface area contributed by atoms with Crippen LogP contribution in [0.25, 0.3) is 6.08 Å². The lowest BCUT2D eigenvalue weighted by molar-refractivity contribution is -0.115. The van der Waals surface area contributed by atoms with E-state index in [1.54, 1.807) is 18.2 Å². The van der Waals surface area contributed by atoms with Crippen LogP contribution in [0.15, 0.2) is 21.5 Å². The maximum atomic E-state index is 11.4. The fourth-order valence-electron chi connectivity index (χ4n) is 1.26. The summed E-state index contributed by atoms with van der Waals surface area (Å²) in [7, 11) is 0. The molecule has 0 saturated carbocycles. The zero-order valence-corrected chi connectivity index (χ0v) is 12.8. The van der Waals surface area contributed by atoms with Gasteiger partial charge in [-0.1, -0.05) is 0 Å². The highest BCUT2D eigenvalue weighted by Gasteiger charge is 2.22. The Morgan fingerprint density at radius 1 is 1.53 bits per heavy atom. The summed E-state index contributed by atoms with van der Waals surface area (Å²) in [6.07, 6.45) is 1.69. The van der Waals surface area contributed by atoms with Crippen LogP contribution in [0.5, 0.6) is 5.75 Å². The van der Waals surface area contributed by atoms with Gasteiger partial charge in [0.05, 0.1) is 12.9 Å². The van der Waals surface area contributed by atoms with E-state index in [1.807, 2.05) is 22.6 Å². The van der Waals surface area contributed by atoms with Crippen LogP contribution < -0.4 is 5.32 Å². The molecule has 1 heterocycles. The number of carbonyl (C=O) groups is 1. The van der Waals surface area contributed by atoms with Crippen LogP contribution in [0.1, 0.15) is 5.56 Å². The summed E-state index contributed by atoms with van der Waals surface area (Å²) in [4.78, 5) is 11.9. The van der Waals surface area contributed by atoms with Crippen LogP contribution in [0.2, 0.25) is 0 Å². The number of hydrogen-bond donors (Lipinski definition) is 3. The lowest BCUT2D eigenvalue weighted by Gasteiger charge is -2.02. The quantitative estimate of drug-likeness (QED) is 0.479. The molecule has 7 heteroatoms. The molecule has 0 unspecified atom stereocenters. The summed E-state index contributed by atoms with van der Waals surface area (Å²) in [5, 5.41) is 19.5. The van der Waals surface area contributed by atoms with Crippen molar-refractivity contribution in [3.8, 4) is 5.75 Å². The fourth-order valence-corrected chi connectivity index (χ4v) is 3.46. The number of benzene rings is 1. The summed E-state index contributed by atoms with van der Waals surface area (Å²) < 4.78 is 1.28. The Hall–Kier alpha value is -0.540. The molecular formula is C10H6BrIN2O2S. The number of aromatic hydroxyl groups is 1. The minimum absolute atomic E-state index is 0.133. The Balaban J connectivity index is 2.40. The Labute approximate surface area is 124 Å². The molecule has 1 fully saturated rings. The summed E-state index contributed by atoms with van der Waals surface area (Å²) in [5.41, 5.74) is 0.798. The van der Waals surface area contributed by atoms with Crippen molar-refractivity contribution < 1.29 is 9.90 Å². The van der Waals surface area contributed by atoms with Crippen LogP contribution in [0, 0.1) is 8.98 Å². The molecule has 1 saturated heterocycles. The Morgan fingerprint density at radius 2 is 2.24 bits per heavy atom. The number of carbonyl (C=O) groups excluding carboxylic acids is 1. The number of amidine groups is 1. The van der Waals surface area contributed by atoms with Gasteiger partial charge in [-0.2, -0.15) is 0 Å². The molecule has 1 amide bonds. The van der Waals surface area contributed by atoms with Gasteiger partial charge in [0.2, 0.25) is 0 Å². The van der Waals surface area contributed by atoms with Crippen LogP contribution in [-0.4, -0.2) is 16.2 Å². The van der Waals surface area contributed by atoms with E-state index in [1.165, 1.54) is 0 Å². The van der Waals surface area contributed by atoms with Crippen molar-refractivity contribution in [2.75, 3.05) is 0 Å². The topological polar surface area (TPSA) is 73.2 Å². The standard InChI is InChI=1S/C10H6BrIN2O2S/c11-5-1-4(2-6(12)8(5)15)3-7-9(16)14-10(13)17-7/h1-3,15H,(H2,13,14,16)/b7-3+. The van der Waals surface area contributed by atoms with E-state index in [2.05, 4.69) is 21.2 Å². The molecule has 1 aliphatic rings. The van der Waals surface area contributed by atoms with Crippen molar-refractivity contribution in [2.24, 2.45) is 0 Å². The van der Waals surface area contributed by atoms with E-state index < -0.39 is 0 Å². The van der Waals surface area contributed by atoms with Gasteiger partial charge in [0, 0.05) is 0 Å². The SMILES string of the molecule is N=C1NC(=O)/C(=C\c2cc(Br)c(O)c(I)c2)S1. The van der Waals surface area contributed by atoms with Gasteiger partial charge in [0.1, 0.15) is 5.75 Å². The molecule has 0 atom stereocenters. The van der Waals surface area contributed by atoms with E-state index in [4.69, 9.17) is 5.41 Å². The number of amides is 1. The Morgan fingerprint density at radius 3 is 2.76 bits per heavy atom. The molecular weight excluding hydrogens is 419 g/mol. The minimum Gasteiger partial charge on any atom is -0.506 e. The van der Waals surface area contributed by atoms with Crippen molar-refractivity contribution in [2.45, 2.75) is 0 Å². The number of rotatable bonds is 1. The number of phenols is 1. The minimum atomic E-state index is -0.265. The molecule has 0 radical (unpaired) electrons. The van der Waals surface area contributed by atoms with Gasteiger partial charge in [-0.3, -0.25) is 10.2 Å². The van der Waals surface area contributed by atoms with E-state index >= 15 is 0 Å². The van der Waals surface area contributed by atoms with E-state index in [0.29, 0.717) is 12.9 Å². The number of phenolic OH excluding ortho intramolecular Hbond substituents is 1. The second-order valence-corrected chi connectivity index (χ2v) is 6.30. The van der Waals surface area contributed by atoms with Gasteiger partial charge in [-0.25, -0.2) is 0 Å². The first kappa shape index (κ1) is 12.9. The van der Waals surface area contributed by atoms with Crippen molar-refractivity contribution >= 4 is 67.4 Å². The first-order valence-electron chi connectivity index (χ1n) is 4.45. The van der Waals surface area contributed by atoms with Crippen molar-refractivity contribution in [3.63, 3.8) is 0 Å². The molecule has 0 aliphatic carbocycles. The largest absolute Gasteiger partial charge is 0.506 e. The Bertz CT molecular complexity index is 536. The third kappa shape index (κ3) is 2.83. The predicted octanol–water partition coefficient (Wildman–Crippen LogP) is 2.90. The zero-order chi connectivity index (χ0) is 12.6. The number of halogens is 2. The second-order valence-electron chi connectivity index (χ2n) is 3.23. The van der Waals surface area contributed by atoms with Gasteiger partial charge in [-0.05, 0) is 74.1 Å². The fraction of sp³-hybridized carbons (Fsp3) is 0. The molecule has 1 aromatic carbocycles. The third-order valence-electron chi connectivity index (χ3n) is 2.00. The van der Waals surface area contributed by atoms with Crippen LogP contribution in [0.4, 0.5) is 0 Å². The first-order valence-corrected chi connectivity index (χ1v) is 7.13. The van der Waals surface area contributed by atoms with Crippen molar-refractivity contribution in [1.29, 1.82) is 5.41 Å². The van der Waals surface area contributed by atoms with Gasteiger partial charge in [-0.15, -0.1) is 0 Å². The summed E-state index contributed by atoms with van der Waals surface area (Å²) in [6, 6.07) is 3.49. The molecule has 88 valence electrons.